The van der Waals surface area contributed by atoms with Crippen molar-refractivity contribution >= 4 is 60.4 Å². The van der Waals surface area contributed by atoms with Crippen molar-refractivity contribution in [2.45, 2.75) is 38.1 Å². The molecule has 0 bridgehead atoms. The molecule has 1 saturated carbocycles. The van der Waals surface area contributed by atoms with Gasteiger partial charge >= 0.3 is 0 Å². The van der Waals surface area contributed by atoms with Gasteiger partial charge in [0.1, 0.15) is 0 Å². The summed E-state index contributed by atoms with van der Waals surface area (Å²) < 4.78 is 1.98. The Morgan fingerprint density at radius 1 is 1.30 bits per heavy atom. The van der Waals surface area contributed by atoms with Crippen LogP contribution in [0.5, 0.6) is 0 Å². The number of carbonyl (C=O) groups excluding carboxylic acids is 1. The van der Waals surface area contributed by atoms with Gasteiger partial charge in [0.25, 0.3) is 5.91 Å². The predicted octanol–water partition coefficient (Wildman–Crippen LogP) is 5.22. The third kappa shape index (κ3) is 4.19. The molecule has 5 heteroatoms. The summed E-state index contributed by atoms with van der Waals surface area (Å²) in [6.07, 6.45) is 6.06. The van der Waals surface area contributed by atoms with Crippen LogP contribution in [0, 0.1) is 3.57 Å². The van der Waals surface area contributed by atoms with Crippen LogP contribution < -0.4 is 0 Å². The molecule has 0 N–H and O–H groups in total. The molecule has 1 aliphatic carbocycles. The average Bonchev–Trinajstić information content (AvgIpc) is 2.47. The minimum absolute atomic E-state index is 0.154. The summed E-state index contributed by atoms with van der Waals surface area (Å²) in [4.78, 5) is 14.9. The third-order valence-corrected chi connectivity index (χ3v) is 5.48. The zero-order valence-electron chi connectivity index (χ0n) is 11.2. The van der Waals surface area contributed by atoms with E-state index in [0.717, 1.165) is 38.3 Å². The largest absolute Gasteiger partial charge is 0.335 e. The zero-order chi connectivity index (χ0) is 14.5. The zero-order valence-corrected chi connectivity index (χ0v) is 16.6. The Bertz CT molecular complexity index is 475. The number of alkyl halides is 1. The molecular weight excluding hydrogens is 497 g/mol. The van der Waals surface area contributed by atoms with Crippen LogP contribution in [-0.2, 0) is 0 Å². The van der Waals surface area contributed by atoms with E-state index >= 15 is 0 Å². The first-order chi connectivity index (χ1) is 9.63. The summed E-state index contributed by atoms with van der Waals surface area (Å²) in [5, 5.41) is 0.830. The summed E-state index contributed by atoms with van der Waals surface area (Å²) in [5.41, 5.74) is 0.781. The summed E-state index contributed by atoms with van der Waals surface area (Å²) >= 11 is 9.25. The van der Waals surface area contributed by atoms with Crippen molar-refractivity contribution in [3.8, 4) is 0 Å². The number of hydrogen-bond acceptors (Lipinski definition) is 1. The number of hydrogen-bond donors (Lipinski definition) is 0. The molecule has 0 aromatic heterocycles. The molecule has 1 amide bonds. The van der Waals surface area contributed by atoms with Gasteiger partial charge in [-0.05, 0) is 69.6 Å². The molecule has 0 spiro atoms. The molecule has 0 radical (unpaired) electrons. The van der Waals surface area contributed by atoms with Gasteiger partial charge in [-0.15, -0.1) is 0 Å². The van der Waals surface area contributed by atoms with Crippen LogP contribution in [0.25, 0.3) is 0 Å². The van der Waals surface area contributed by atoms with Crippen molar-refractivity contribution < 1.29 is 4.79 Å². The van der Waals surface area contributed by atoms with Crippen molar-refractivity contribution in [1.29, 1.82) is 0 Å². The SMILES string of the molecule is O=C(c1cc(I)ccc1Br)N(CCBr)C1CCCCC1. The van der Waals surface area contributed by atoms with Crippen LogP contribution in [0.1, 0.15) is 42.5 Å². The van der Waals surface area contributed by atoms with Crippen LogP contribution in [0.3, 0.4) is 0 Å². The molecular formula is C15H18Br2INO. The van der Waals surface area contributed by atoms with E-state index in [9.17, 15) is 4.79 Å². The Hall–Kier alpha value is 0.380. The number of nitrogens with zero attached hydrogens (tertiary/aromatic N) is 1. The van der Waals surface area contributed by atoms with Crippen molar-refractivity contribution in [1.82, 2.24) is 4.90 Å². The Balaban J connectivity index is 2.23. The molecule has 1 aromatic rings. The molecule has 1 aliphatic rings. The van der Waals surface area contributed by atoms with Gasteiger partial charge in [-0.2, -0.15) is 0 Å². The second kappa shape index (κ2) is 8.13. The number of carbonyl (C=O) groups is 1. The highest BCUT2D eigenvalue weighted by atomic mass is 127. The van der Waals surface area contributed by atoms with E-state index in [1.165, 1.54) is 19.3 Å². The average molecular weight is 515 g/mol. The number of benzene rings is 1. The summed E-state index contributed by atoms with van der Waals surface area (Å²) in [7, 11) is 0. The summed E-state index contributed by atoms with van der Waals surface area (Å²) in [5.74, 6) is 0.154. The number of halogens is 3. The highest BCUT2D eigenvalue weighted by molar-refractivity contribution is 14.1. The van der Waals surface area contributed by atoms with E-state index in [1.807, 2.05) is 18.2 Å². The van der Waals surface area contributed by atoms with E-state index in [1.54, 1.807) is 0 Å². The minimum Gasteiger partial charge on any atom is -0.335 e. The molecule has 1 aromatic carbocycles. The van der Waals surface area contributed by atoms with Crippen LogP contribution in [0.2, 0.25) is 0 Å². The van der Waals surface area contributed by atoms with Crippen LogP contribution in [0.4, 0.5) is 0 Å². The van der Waals surface area contributed by atoms with E-state index in [0.29, 0.717) is 6.04 Å². The van der Waals surface area contributed by atoms with Crippen LogP contribution in [0.15, 0.2) is 22.7 Å². The first-order valence-corrected chi connectivity index (χ1v) is 9.95. The Labute approximate surface area is 151 Å². The van der Waals surface area contributed by atoms with Gasteiger partial charge in [-0.3, -0.25) is 4.79 Å². The van der Waals surface area contributed by atoms with Gasteiger partial charge < -0.3 is 4.90 Å². The molecule has 0 aliphatic heterocycles. The van der Waals surface area contributed by atoms with E-state index in [-0.39, 0.29) is 5.91 Å². The van der Waals surface area contributed by atoms with Gasteiger partial charge in [-0.25, -0.2) is 0 Å². The second-order valence-electron chi connectivity index (χ2n) is 5.10. The lowest BCUT2D eigenvalue weighted by atomic mass is 9.93. The van der Waals surface area contributed by atoms with Gasteiger partial charge in [-0.1, -0.05) is 35.2 Å². The monoisotopic (exact) mass is 513 g/mol. The lowest BCUT2D eigenvalue weighted by Crippen LogP contribution is -2.42. The fraction of sp³-hybridized carbons (Fsp3) is 0.533. The maximum atomic E-state index is 12.9. The molecule has 1 fully saturated rings. The van der Waals surface area contributed by atoms with Crippen LogP contribution in [-0.4, -0.2) is 28.7 Å². The van der Waals surface area contributed by atoms with Crippen molar-refractivity contribution in [3.05, 3.63) is 31.8 Å². The Kier molecular flexibility index (Phi) is 6.81. The van der Waals surface area contributed by atoms with E-state index in [2.05, 4.69) is 59.4 Å². The van der Waals surface area contributed by atoms with Crippen molar-refractivity contribution in [2.24, 2.45) is 0 Å². The predicted molar refractivity (Wildman–Crippen MR) is 98.6 cm³/mol. The van der Waals surface area contributed by atoms with E-state index in [4.69, 9.17) is 0 Å². The topological polar surface area (TPSA) is 20.3 Å². The third-order valence-electron chi connectivity index (χ3n) is 3.76. The molecule has 0 atom stereocenters. The first-order valence-electron chi connectivity index (χ1n) is 6.95. The number of amides is 1. The molecule has 0 saturated heterocycles. The van der Waals surface area contributed by atoms with Crippen molar-refractivity contribution in [3.63, 3.8) is 0 Å². The maximum absolute atomic E-state index is 12.9. The second-order valence-corrected chi connectivity index (χ2v) is 8.00. The van der Waals surface area contributed by atoms with Gasteiger partial charge in [0.05, 0.1) is 5.56 Å². The highest BCUT2D eigenvalue weighted by Gasteiger charge is 2.26. The lowest BCUT2D eigenvalue weighted by Gasteiger charge is -2.34. The summed E-state index contributed by atoms with van der Waals surface area (Å²) in [6, 6.07) is 6.34. The van der Waals surface area contributed by atoms with Crippen LogP contribution >= 0.6 is 54.5 Å². The Morgan fingerprint density at radius 3 is 2.65 bits per heavy atom. The lowest BCUT2D eigenvalue weighted by molar-refractivity contribution is 0.0650. The first kappa shape index (κ1) is 16.7. The standard InChI is InChI=1S/C15H18Br2INO/c16-8-9-19(12-4-2-1-3-5-12)15(20)13-10-11(18)6-7-14(13)17/h6-7,10,12H,1-5,8-9H2. The Morgan fingerprint density at radius 2 is 2.00 bits per heavy atom. The quantitative estimate of drug-likeness (QED) is 0.398. The fourth-order valence-corrected chi connectivity index (χ4v) is 4.04. The maximum Gasteiger partial charge on any atom is 0.255 e. The summed E-state index contributed by atoms with van der Waals surface area (Å²) in [6.45, 7) is 0.779. The van der Waals surface area contributed by atoms with Gasteiger partial charge in [0.15, 0.2) is 0 Å². The molecule has 2 nitrogen and oxygen atoms in total. The molecule has 2 rings (SSSR count). The number of rotatable bonds is 4. The minimum atomic E-state index is 0.154. The molecule has 0 heterocycles. The normalized spacial score (nSPS) is 16.1. The van der Waals surface area contributed by atoms with Gasteiger partial charge in [0.2, 0.25) is 0 Å². The van der Waals surface area contributed by atoms with Gasteiger partial charge in [0, 0.05) is 26.0 Å². The van der Waals surface area contributed by atoms with Crippen molar-refractivity contribution in [2.75, 3.05) is 11.9 Å². The molecule has 0 unspecified atom stereocenters. The smallest absolute Gasteiger partial charge is 0.255 e. The fourth-order valence-electron chi connectivity index (χ4n) is 2.75. The van der Waals surface area contributed by atoms with E-state index < -0.39 is 0 Å². The molecule has 110 valence electrons. The highest BCUT2D eigenvalue weighted by Crippen LogP contribution is 2.27. The molecule has 20 heavy (non-hydrogen) atoms.